The van der Waals surface area contributed by atoms with Gasteiger partial charge in [-0.15, -0.1) is 0 Å². The van der Waals surface area contributed by atoms with Gasteiger partial charge in [-0.25, -0.2) is 4.98 Å². The Labute approximate surface area is 117 Å². The van der Waals surface area contributed by atoms with Crippen LogP contribution in [0.5, 0.6) is 0 Å². The lowest BCUT2D eigenvalue weighted by molar-refractivity contribution is 0.486. The van der Waals surface area contributed by atoms with Gasteiger partial charge in [-0.2, -0.15) is 5.10 Å². The number of para-hydroxylation sites is 1. The van der Waals surface area contributed by atoms with E-state index >= 15 is 0 Å². The fraction of sp³-hybridized carbons (Fsp3) is 0.333. The molecular formula is C15H18N4O. The first-order valence-electron chi connectivity index (χ1n) is 6.77. The van der Waals surface area contributed by atoms with Gasteiger partial charge < -0.3 is 10.2 Å². The van der Waals surface area contributed by atoms with Crippen molar-refractivity contribution in [1.29, 1.82) is 0 Å². The van der Waals surface area contributed by atoms with Crippen molar-refractivity contribution in [3.63, 3.8) is 0 Å². The Balaban J connectivity index is 1.99. The maximum Gasteiger partial charge on any atom is 0.217 e. The van der Waals surface area contributed by atoms with Gasteiger partial charge in [0.1, 0.15) is 12.1 Å². The quantitative estimate of drug-likeness (QED) is 0.743. The van der Waals surface area contributed by atoms with Gasteiger partial charge in [-0.1, -0.05) is 13.0 Å². The number of aromatic nitrogens is 3. The molecule has 2 aromatic heterocycles. The number of nitrogens with zero attached hydrogens (tertiary/aromatic N) is 3. The van der Waals surface area contributed by atoms with Gasteiger partial charge in [0.25, 0.3) is 0 Å². The van der Waals surface area contributed by atoms with Crippen LogP contribution in [0.1, 0.15) is 29.8 Å². The van der Waals surface area contributed by atoms with Crippen molar-refractivity contribution < 1.29 is 4.42 Å². The number of anilines is 1. The third-order valence-electron chi connectivity index (χ3n) is 3.66. The van der Waals surface area contributed by atoms with Crippen LogP contribution in [0, 0.1) is 13.8 Å². The molecule has 5 heteroatoms. The number of rotatable bonds is 3. The molecule has 0 radical (unpaired) electrons. The van der Waals surface area contributed by atoms with E-state index in [4.69, 9.17) is 10.2 Å². The van der Waals surface area contributed by atoms with Crippen LogP contribution in [0.3, 0.4) is 0 Å². The van der Waals surface area contributed by atoms with Gasteiger partial charge in [-0.3, -0.25) is 4.68 Å². The fourth-order valence-electron chi connectivity index (χ4n) is 2.61. The van der Waals surface area contributed by atoms with Crippen molar-refractivity contribution in [2.75, 3.05) is 5.73 Å². The molecule has 3 rings (SSSR count). The summed E-state index contributed by atoms with van der Waals surface area (Å²) in [5, 5.41) is 4.55. The normalized spacial score (nSPS) is 11.3. The molecule has 2 heterocycles. The second-order valence-corrected chi connectivity index (χ2v) is 4.96. The van der Waals surface area contributed by atoms with Gasteiger partial charge in [0.2, 0.25) is 5.89 Å². The van der Waals surface area contributed by atoms with E-state index in [1.807, 2.05) is 29.8 Å². The first-order valence-corrected chi connectivity index (χ1v) is 6.77. The number of oxazole rings is 1. The molecule has 0 amide bonds. The molecule has 0 aliphatic rings. The SMILES string of the molecule is CCc1c(C)nn(Cc2nc3c(N)cccc3o2)c1C. The number of hydrogen-bond donors (Lipinski definition) is 1. The number of nitrogen functional groups attached to an aromatic ring is 1. The third-order valence-corrected chi connectivity index (χ3v) is 3.66. The first-order chi connectivity index (χ1) is 9.60. The molecule has 0 aliphatic carbocycles. The Morgan fingerprint density at radius 2 is 2.10 bits per heavy atom. The predicted molar refractivity (Wildman–Crippen MR) is 78.6 cm³/mol. The summed E-state index contributed by atoms with van der Waals surface area (Å²) in [4.78, 5) is 4.46. The molecule has 0 fully saturated rings. The average molecular weight is 270 g/mol. The summed E-state index contributed by atoms with van der Waals surface area (Å²) < 4.78 is 7.68. The van der Waals surface area contributed by atoms with Crippen LogP contribution >= 0.6 is 0 Å². The molecule has 104 valence electrons. The maximum absolute atomic E-state index is 5.90. The Kier molecular flexibility index (Phi) is 2.97. The topological polar surface area (TPSA) is 69.9 Å². The molecular weight excluding hydrogens is 252 g/mol. The van der Waals surface area contributed by atoms with Crippen molar-refractivity contribution in [3.8, 4) is 0 Å². The minimum atomic E-state index is 0.529. The van der Waals surface area contributed by atoms with Crippen LogP contribution < -0.4 is 5.73 Å². The van der Waals surface area contributed by atoms with Gasteiger partial charge in [0, 0.05) is 5.69 Å². The minimum absolute atomic E-state index is 0.529. The molecule has 0 unspecified atom stereocenters. The maximum atomic E-state index is 5.90. The lowest BCUT2D eigenvalue weighted by Crippen LogP contribution is -2.04. The highest BCUT2D eigenvalue weighted by Gasteiger charge is 2.13. The van der Waals surface area contributed by atoms with E-state index in [0.29, 0.717) is 18.1 Å². The smallest absolute Gasteiger partial charge is 0.217 e. The van der Waals surface area contributed by atoms with Crippen molar-refractivity contribution >= 4 is 16.8 Å². The van der Waals surface area contributed by atoms with E-state index < -0.39 is 0 Å². The molecule has 2 N–H and O–H groups in total. The van der Waals surface area contributed by atoms with E-state index in [0.717, 1.165) is 23.2 Å². The second-order valence-electron chi connectivity index (χ2n) is 4.96. The number of fused-ring (bicyclic) bond motifs is 1. The van der Waals surface area contributed by atoms with Gasteiger partial charge in [-0.05, 0) is 38.0 Å². The Hall–Kier alpha value is -2.30. The van der Waals surface area contributed by atoms with Crippen molar-refractivity contribution in [1.82, 2.24) is 14.8 Å². The number of nitrogens with two attached hydrogens (primary N) is 1. The number of benzene rings is 1. The minimum Gasteiger partial charge on any atom is -0.439 e. The monoisotopic (exact) mass is 270 g/mol. The zero-order chi connectivity index (χ0) is 14.3. The lowest BCUT2D eigenvalue weighted by Gasteiger charge is -2.01. The van der Waals surface area contributed by atoms with Gasteiger partial charge in [0.15, 0.2) is 5.58 Å². The zero-order valence-corrected chi connectivity index (χ0v) is 12.0. The molecule has 0 aliphatic heterocycles. The highest BCUT2D eigenvalue weighted by molar-refractivity contribution is 5.85. The summed E-state index contributed by atoms with van der Waals surface area (Å²) in [5.74, 6) is 0.631. The Morgan fingerprint density at radius 3 is 2.75 bits per heavy atom. The fourth-order valence-corrected chi connectivity index (χ4v) is 2.61. The van der Waals surface area contributed by atoms with E-state index in [9.17, 15) is 0 Å². The largest absolute Gasteiger partial charge is 0.439 e. The summed E-state index contributed by atoms with van der Waals surface area (Å²) >= 11 is 0. The average Bonchev–Trinajstić information content (AvgIpc) is 2.93. The second kappa shape index (κ2) is 4.67. The van der Waals surface area contributed by atoms with Crippen LogP contribution in [0.25, 0.3) is 11.1 Å². The first kappa shape index (κ1) is 12.7. The molecule has 20 heavy (non-hydrogen) atoms. The molecule has 0 spiro atoms. The summed E-state index contributed by atoms with van der Waals surface area (Å²) in [7, 11) is 0. The van der Waals surface area contributed by atoms with Gasteiger partial charge in [0.05, 0.1) is 11.4 Å². The number of hydrogen-bond acceptors (Lipinski definition) is 4. The Bertz CT molecular complexity index is 770. The summed E-state index contributed by atoms with van der Waals surface area (Å²) in [6.07, 6.45) is 0.984. The highest BCUT2D eigenvalue weighted by Crippen LogP contribution is 2.22. The van der Waals surface area contributed by atoms with E-state index in [-0.39, 0.29) is 0 Å². The predicted octanol–water partition coefficient (Wildman–Crippen LogP) is 2.83. The van der Waals surface area contributed by atoms with E-state index in [1.165, 1.54) is 11.3 Å². The van der Waals surface area contributed by atoms with Gasteiger partial charge >= 0.3 is 0 Å². The number of aryl methyl sites for hydroxylation is 1. The zero-order valence-electron chi connectivity index (χ0n) is 12.0. The molecule has 0 atom stereocenters. The molecule has 0 bridgehead atoms. The van der Waals surface area contributed by atoms with E-state index in [1.54, 1.807) is 0 Å². The van der Waals surface area contributed by atoms with Crippen LogP contribution in [-0.4, -0.2) is 14.8 Å². The van der Waals surface area contributed by atoms with Crippen molar-refractivity contribution in [3.05, 3.63) is 41.0 Å². The lowest BCUT2D eigenvalue weighted by atomic mass is 10.1. The molecule has 0 saturated carbocycles. The van der Waals surface area contributed by atoms with Crippen LogP contribution in [0.15, 0.2) is 22.6 Å². The third kappa shape index (κ3) is 1.95. The van der Waals surface area contributed by atoms with Crippen LogP contribution in [-0.2, 0) is 13.0 Å². The highest BCUT2D eigenvalue weighted by atomic mass is 16.3. The molecule has 5 nitrogen and oxygen atoms in total. The van der Waals surface area contributed by atoms with Crippen LogP contribution in [0.4, 0.5) is 5.69 Å². The summed E-state index contributed by atoms with van der Waals surface area (Å²) in [5.41, 5.74) is 11.5. The summed E-state index contributed by atoms with van der Waals surface area (Å²) in [6.45, 7) is 6.78. The van der Waals surface area contributed by atoms with Crippen molar-refractivity contribution in [2.45, 2.75) is 33.7 Å². The van der Waals surface area contributed by atoms with Crippen molar-refractivity contribution in [2.24, 2.45) is 0 Å². The molecule has 3 aromatic rings. The van der Waals surface area contributed by atoms with E-state index in [2.05, 4.69) is 23.9 Å². The standard InChI is InChI=1S/C15H18N4O/c1-4-11-9(2)18-19(10(11)3)8-14-17-15-12(16)6-5-7-13(15)20-14/h5-7H,4,8,16H2,1-3H3. The molecule has 0 saturated heterocycles. The molecule has 1 aromatic carbocycles. The summed E-state index contributed by atoms with van der Waals surface area (Å²) in [6, 6.07) is 5.57. The van der Waals surface area contributed by atoms with Crippen LogP contribution in [0.2, 0.25) is 0 Å². The Morgan fingerprint density at radius 1 is 1.30 bits per heavy atom.